The van der Waals surface area contributed by atoms with Crippen LogP contribution < -0.4 is 5.32 Å². The molecule has 3 aromatic heterocycles. The van der Waals surface area contributed by atoms with E-state index in [1.807, 2.05) is 36.8 Å². The molecule has 0 saturated carbocycles. The maximum absolute atomic E-state index is 13.6. The monoisotopic (exact) mass is 410 g/mol. The third kappa shape index (κ3) is 4.63. The number of thiazole rings is 1. The lowest BCUT2D eigenvalue weighted by molar-refractivity contribution is 0.544. The Kier molecular flexibility index (Phi) is 5.87. The van der Waals surface area contributed by atoms with Gasteiger partial charge in [-0.2, -0.15) is 5.10 Å². The zero-order chi connectivity index (χ0) is 20.2. The van der Waals surface area contributed by atoms with E-state index in [1.165, 1.54) is 17.0 Å². The number of furan rings is 1. The van der Waals surface area contributed by atoms with Crippen LogP contribution in [0.25, 0.3) is 17.1 Å². The van der Waals surface area contributed by atoms with Crippen LogP contribution in [0.3, 0.4) is 0 Å². The van der Waals surface area contributed by atoms with Gasteiger partial charge in [0.2, 0.25) is 0 Å². The van der Waals surface area contributed by atoms with Crippen LogP contribution in [-0.2, 0) is 13.0 Å². The Morgan fingerprint density at radius 1 is 1.21 bits per heavy atom. The molecule has 7 heteroatoms. The van der Waals surface area contributed by atoms with Gasteiger partial charge in [-0.3, -0.25) is 0 Å². The molecule has 29 heavy (non-hydrogen) atoms. The van der Waals surface area contributed by atoms with Crippen LogP contribution in [0.4, 0.5) is 4.39 Å². The molecular formula is C22H23FN4OS. The second kappa shape index (κ2) is 8.71. The third-order valence-electron chi connectivity index (χ3n) is 4.75. The standard InChI is InChI=1S/C22H23FN4OS/c1-15-8-9-20(28-15)22-17(12-24-10-4-7-21-16(2)25-14-29-21)13-27(26-22)19-6-3-5-18(23)11-19/h3,5-6,8-9,11,13-14,24H,4,7,10,12H2,1-2H3. The van der Waals surface area contributed by atoms with Crippen molar-refractivity contribution in [3.05, 3.63) is 75.8 Å². The highest BCUT2D eigenvalue weighted by atomic mass is 32.1. The van der Waals surface area contributed by atoms with Gasteiger partial charge >= 0.3 is 0 Å². The van der Waals surface area contributed by atoms with E-state index in [4.69, 9.17) is 4.42 Å². The van der Waals surface area contributed by atoms with Crippen molar-refractivity contribution in [2.45, 2.75) is 33.2 Å². The van der Waals surface area contributed by atoms with Crippen molar-refractivity contribution in [2.75, 3.05) is 6.54 Å². The lowest BCUT2D eigenvalue weighted by Crippen LogP contribution is -2.15. The van der Waals surface area contributed by atoms with Gasteiger partial charge in [0, 0.05) is 23.2 Å². The van der Waals surface area contributed by atoms with Crippen molar-refractivity contribution >= 4 is 11.3 Å². The average Bonchev–Trinajstić information content (AvgIpc) is 3.42. The van der Waals surface area contributed by atoms with Gasteiger partial charge in [-0.05, 0) is 63.6 Å². The maximum Gasteiger partial charge on any atom is 0.154 e. The minimum Gasteiger partial charge on any atom is -0.460 e. The van der Waals surface area contributed by atoms with Crippen LogP contribution in [0.5, 0.6) is 0 Å². The summed E-state index contributed by atoms with van der Waals surface area (Å²) in [5.74, 6) is 1.26. The molecule has 0 aliphatic carbocycles. The van der Waals surface area contributed by atoms with E-state index < -0.39 is 0 Å². The van der Waals surface area contributed by atoms with Gasteiger partial charge in [0.15, 0.2) is 5.76 Å². The summed E-state index contributed by atoms with van der Waals surface area (Å²) in [6.07, 6.45) is 3.99. The fourth-order valence-corrected chi connectivity index (χ4v) is 4.05. The van der Waals surface area contributed by atoms with E-state index >= 15 is 0 Å². The van der Waals surface area contributed by atoms with Crippen molar-refractivity contribution in [1.82, 2.24) is 20.1 Å². The number of hydrogen-bond acceptors (Lipinski definition) is 5. The van der Waals surface area contributed by atoms with E-state index in [1.54, 1.807) is 22.1 Å². The summed E-state index contributed by atoms with van der Waals surface area (Å²) in [6.45, 7) is 5.51. The molecule has 0 aliphatic heterocycles. The van der Waals surface area contributed by atoms with Gasteiger partial charge in [0.1, 0.15) is 17.3 Å². The van der Waals surface area contributed by atoms with Crippen LogP contribution >= 0.6 is 11.3 Å². The van der Waals surface area contributed by atoms with E-state index in [9.17, 15) is 4.39 Å². The molecule has 0 bridgehead atoms. The number of halogens is 1. The van der Waals surface area contributed by atoms with E-state index in [2.05, 4.69) is 22.3 Å². The summed E-state index contributed by atoms with van der Waals surface area (Å²) >= 11 is 1.71. The maximum atomic E-state index is 13.6. The molecule has 0 unspecified atom stereocenters. The van der Waals surface area contributed by atoms with Crippen LogP contribution in [0.2, 0.25) is 0 Å². The van der Waals surface area contributed by atoms with Crippen molar-refractivity contribution in [1.29, 1.82) is 0 Å². The fraction of sp³-hybridized carbons (Fsp3) is 0.273. The number of rotatable bonds is 8. The first-order valence-corrected chi connectivity index (χ1v) is 10.5. The molecular weight excluding hydrogens is 387 g/mol. The third-order valence-corrected chi connectivity index (χ3v) is 5.75. The Bertz CT molecular complexity index is 1100. The number of aromatic nitrogens is 3. The Balaban J connectivity index is 1.48. The lowest BCUT2D eigenvalue weighted by Gasteiger charge is -2.04. The second-order valence-corrected chi connectivity index (χ2v) is 7.92. The number of nitrogens with one attached hydrogen (secondary N) is 1. The molecule has 0 saturated heterocycles. The summed E-state index contributed by atoms with van der Waals surface area (Å²) < 4.78 is 21.1. The minimum absolute atomic E-state index is 0.286. The first kappa shape index (κ1) is 19.5. The molecule has 0 radical (unpaired) electrons. The van der Waals surface area contributed by atoms with E-state index in [0.29, 0.717) is 12.2 Å². The van der Waals surface area contributed by atoms with Gasteiger partial charge in [0.25, 0.3) is 0 Å². The summed E-state index contributed by atoms with van der Waals surface area (Å²) in [5.41, 5.74) is 5.49. The van der Waals surface area contributed by atoms with Crippen LogP contribution in [0, 0.1) is 19.7 Å². The second-order valence-electron chi connectivity index (χ2n) is 6.98. The predicted octanol–water partition coefficient (Wildman–Crippen LogP) is 5.07. The quantitative estimate of drug-likeness (QED) is 0.412. The van der Waals surface area contributed by atoms with E-state index in [0.717, 1.165) is 47.9 Å². The predicted molar refractivity (Wildman–Crippen MR) is 113 cm³/mol. The number of nitrogens with zero attached hydrogens (tertiary/aromatic N) is 3. The van der Waals surface area contributed by atoms with Crippen LogP contribution in [-0.4, -0.2) is 21.3 Å². The Hall–Kier alpha value is -2.77. The highest BCUT2D eigenvalue weighted by Gasteiger charge is 2.15. The summed E-state index contributed by atoms with van der Waals surface area (Å²) in [6, 6.07) is 10.3. The van der Waals surface area contributed by atoms with Gasteiger partial charge < -0.3 is 9.73 Å². The Morgan fingerprint density at radius 3 is 2.83 bits per heavy atom. The van der Waals surface area contributed by atoms with Crippen LogP contribution in [0.1, 0.15) is 28.3 Å². The SMILES string of the molecule is Cc1ccc(-c2nn(-c3cccc(F)c3)cc2CNCCCc2scnc2C)o1. The molecule has 0 atom stereocenters. The number of hydrogen-bond donors (Lipinski definition) is 1. The number of benzene rings is 1. The molecule has 1 N–H and O–H groups in total. The molecule has 5 nitrogen and oxygen atoms in total. The summed E-state index contributed by atoms with van der Waals surface area (Å²) in [7, 11) is 0. The largest absolute Gasteiger partial charge is 0.460 e. The first-order valence-electron chi connectivity index (χ1n) is 9.61. The average molecular weight is 411 g/mol. The zero-order valence-corrected chi connectivity index (χ0v) is 17.3. The summed E-state index contributed by atoms with van der Waals surface area (Å²) in [4.78, 5) is 5.64. The van der Waals surface area contributed by atoms with Crippen molar-refractivity contribution in [3.8, 4) is 17.1 Å². The molecule has 0 amide bonds. The molecule has 150 valence electrons. The molecule has 1 aromatic carbocycles. The van der Waals surface area contributed by atoms with Crippen molar-refractivity contribution < 1.29 is 8.81 Å². The van der Waals surface area contributed by atoms with Crippen LogP contribution in [0.15, 0.2) is 52.5 Å². The van der Waals surface area contributed by atoms with Gasteiger partial charge in [0.05, 0.1) is 16.9 Å². The Morgan fingerprint density at radius 2 is 2.10 bits per heavy atom. The van der Waals surface area contributed by atoms with Crippen molar-refractivity contribution in [2.24, 2.45) is 0 Å². The van der Waals surface area contributed by atoms with Gasteiger partial charge in [-0.15, -0.1) is 11.3 Å². The van der Waals surface area contributed by atoms with Gasteiger partial charge in [-0.25, -0.2) is 14.1 Å². The molecule has 4 aromatic rings. The highest BCUT2D eigenvalue weighted by molar-refractivity contribution is 7.09. The number of aryl methyl sites for hydroxylation is 3. The molecule has 0 aliphatic rings. The molecule has 3 heterocycles. The zero-order valence-electron chi connectivity index (χ0n) is 16.5. The topological polar surface area (TPSA) is 55.9 Å². The smallest absolute Gasteiger partial charge is 0.154 e. The van der Waals surface area contributed by atoms with Gasteiger partial charge in [-0.1, -0.05) is 6.07 Å². The first-order chi connectivity index (χ1) is 14.1. The molecule has 4 rings (SSSR count). The minimum atomic E-state index is -0.286. The van der Waals surface area contributed by atoms with E-state index in [-0.39, 0.29) is 5.82 Å². The van der Waals surface area contributed by atoms with Crippen molar-refractivity contribution in [3.63, 3.8) is 0 Å². The normalized spacial score (nSPS) is 11.3. The summed E-state index contributed by atoms with van der Waals surface area (Å²) in [5, 5.41) is 8.16. The fourth-order valence-electron chi connectivity index (χ4n) is 3.22. The highest BCUT2D eigenvalue weighted by Crippen LogP contribution is 2.26. The Labute approximate surface area is 173 Å². The molecule has 0 fully saturated rings. The lowest BCUT2D eigenvalue weighted by atomic mass is 10.2. The molecule has 0 spiro atoms.